The Morgan fingerprint density at radius 2 is 1.50 bits per heavy atom. The van der Waals surface area contributed by atoms with E-state index < -0.39 is 82.5 Å². The summed E-state index contributed by atoms with van der Waals surface area (Å²) in [5.41, 5.74) is -0.223. The summed E-state index contributed by atoms with van der Waals surface area (Å²) in [6.07, 6.45) is 5.62. The molecule has 564 valence electrons. The number of nitrogens with one attached hydrogen (secondary N) is 4. The number of imide groups is 2. The predicted octanol–water partition coefficient (Wildman–Crippen LogP) is 8.37. The van der Waals surface area contributed by atoms with E-state index in [1.54, 1.807) is 29.2 Å². The number of ether oxygens (including phenoxy) is 3. The second-order valence-corrected chi connectivity index (χ2v) is 32.0. The van der Waals surface area contributed by atoms with Crippen LogP contribution in [0, 0.1) is 5.41 Å². The maximum absolute atomic E-state index is 14.5. The molecule has 1 unspecified atom stereocenters. The number of fused-ring (bicyclic) bond motifs is 1. The number of sulfonamides is 1. The Bertz CT molecular complexity index is 4250. The summed E-state index contributed by atoms with van der Waals surface area (Å²) in [5.74, 6) is 2.36. The highest BCUT2D eigenvalue weighted by Gasteiger charge is 2.49. The lowest BCUT2D eigenvalue weighted by Gasteiger charge is -2.39. The first-order chi connectivity index (χ1) is 50.3. The van der Waals surface area contributed by atoms with Gasteiger partial charge in [-0.05, 0) is 134 Å². The summed E-state index contributed by atoms with van der Waals surface area (Å²) < 4.78 is 117. The van der Waals surface area contributed by atoms with Gasteiger partial charge in [0.05, 0.1) is 61.4 Å². The van der Waals surface area contributed by atoms with Crippen LogP contribution in [-0.2, 0) is 48.5 Å². The molecule has 25 nitrogen and oxygen atoms in total. The molecule has 4 heterocycles. The van der Waals surface area contributed by atoms with Crippen molar-refractivity contribution in [1.82, 2.24) is 29.6 Å². The van der Waals surface area contributed by atoms with Crippen LogP contribution in [0.3, 0.4) is 0 Å². The second-order valence-electron chi connectivity index (χ2n) is 26.9. The zero-order chi connectivity index (χ0) is 74.9. The maximum Gasteiger partial charge on any atom is 0.501 e. The number of carbonyl (C=O) groups excluding carboxylic acids is 6. The summed E-state index contributed by atoms with van der Waals surface area (Å²) >= 11 is 7.61. The lowest BCUT2D eigenvalue weighted by atomic mass is 9.73. The van der Waals surface area contributed by atoms with Gasteiger partial charge >= 0.3 is 5.51 Å². The highest BCUT2D eigenvalue weighted by Crippen LogP contribution is 2.43. The van der Waals surface area contributed by atoms with Gasteiger partial charge < -0.3 is 40.5 Å². The number of hydrogen-bond donors (Lipinski definition) is 5. The predicted molar refractivity (Wildman–Crippen MR) is 396 cm³/mol. The lowest BCUT2D eigenvalue weighted by molar-refractivity contribution is -0.136. The van der Waals surface area contributed by atoms with E-state index in [1.165, 1.54) is 52.9 Å². The van der Waals surface area contributed by atoms with Crippen LogP contribution in [0.1, 0.15) is 102 Å². The molecule has 3 saturated heterocycles. The number of nitrogens with zero attached hydrogens (tertiary/aromatic N) is 7. The number of aliphatic imine (C=N–C) groups is 1. The fourth-order valence-corrected chi connectivity index (χ4v) is 16.3. The van der Waals surface area contributed by atoms with Gasteiger partial charge in [-0.2, -0.15) is 18.3 Å². The van der Waals surface area contributed by atoms with Crippen LogP contribution in [0.4, 0.5) is 30.2 Å². The van der Waals surface area contributed by atoms with Crippen LogP contribution >= 0.6 is 23.4 Å². The van der Waals surface area contributed by atoms with Crippen molar-refractivity contribution in [2.24, 2.45) is 21.4 Å². The number of hydrogen-bond acceptors (Lipinski definition) is 22. The van der Waals surface area contributed by atoms with E-state index in [2.05, 4.69) is 66.7 Å². The molecule has 1 aliphatic carbocycles. The Balaban J connectivity index is 0.636. The average Bonchev–Trinajstić information content (AvgIpc) is 1.65. The molecule has 0 bridgehead atoms. The van der Waals surface area contributed by atoms with Crippen molar-refractivity contribution in [3.05, 3.63) is 148 Å². The quantitative estimate of drug-likeness (QED) is 0.00645. The molecule has 0 saturated carbocycles. The molecule has 5 aliphatic rings. The van der Waals surface area contributed by atoms with Crippen LogP contribution in [0.2, 0.25) is 5.02 Å². The van der Waals surface area contributed by atoms with Crippen LogP contribution in [0.15, 0.2) is 146 Å². The van der Waals surface area contributed by atoms with Gasteiger partial charge in [0.2, 0.25) is 17.7 Å². The van der Waals surface area contributed by atoms with E-state index in [9.17, 15) is 58.8 Å². The number of alkyl halides is 3. The molecule has 5 aromatic carbocycles. The highest BCUT2D eigenvalue weighted by atomic mass is 35.5. The van der Waals surface area contributed by atoms with Crippen LogP contribution in [0.5, 0.6) is 0 Å². The third kappa shape index (κ3) is 21.3. The van der Waals surface area contributed by atoms with Crippen LogP contribution in [-0.4, -0.2) is 225 Å². The highest BCUT2D eigenvalue weighted by molar-refractivity contribution is 7.99. The topological polar surface area (TPSA) is 313 Å². The maximum atomic E-state index is 14.5. The number of thioether (sulfide) groups is 1. The number of rotatable bonds is 34. The first-order valence-corrected chi connectivity index (χ1v) is 39.2. The molecular formula is C73H88ClF3N12O13S3. The SMILES string of the molecule is CC1(C)CCC(c2ccc(Cl)cc2)=C(CN2CCN(c3ccc(C(=O)NS(=O)(=O)c4ccc(N[C@H](CCN5CCN(C(=O)CCCN=CC(COCCOCCOCCNc6cccc7c6C(=O)N(C6CCC(=O)NC6=O)C7=O)=NN)CC5)CSc5ccccc5)c(S(=O)(=O)C(F)(F)F)c4)cc3)CC2)C1. The Labute approximate surface area is 618 Å². The molecule has 6 amide bonds. The molecule has 2 atom stereocenters. The molecule has 6 N–H and O–H groups in total. The summed E-state index contributed by atoms with van der Waals surface area (Å²) in [7, 11) is -11.1. The third-order valence-electron chi connectivity index (χ3n) is 18.9. The number of carbonyl (C=O) groups is 6. The smallest absolute Gasteiger partial charge is 0.382 e. The zero-order valence-electron chi connectivity index (χ0n) is 58.5. The van der Waals surface area contributed by atoms with Crippen molar-refractivity contribution in [1.29, 1.82) is 0 Å². The van der Waals surface area contributed by atoms with E-state index in [0.717, 1.165) is 66.5 Å². The Morgan fingerprint density at radius 3 is 2.19 bits per heavy atom. The molecule has 105 heavy (non-hydrogen) atoms. The van der Waals surface area contributed by atoms with Gasteiger partial charge in [-0.3, -0.25) is 53.8 Å². The number of amides is 6. The molecule has 4 aliphatic heterocycles. The first kappa shape index (κ1) is 79.3. The van der Waals surface area contributed by atoms with Gasteiger partial charge in [-0.1, -0.05) is 67.4 Å². The van der Waals surface area contributed by atoms with Crippen LogP contribution in [0.25, 0.3) is 5.57 Å². The van der Waals surface area contributed by atoms with Gasteiger partial charge in [0.1, 0.15) is 16.6 Å². The molecular weight excluding hydrogens is 1440 g/mol. The van der Waals surface area contributed by atoms with Gasteiger partial charge in [-0.25, -0.2) is 21.6 Å². The van der Waals surface area contributed by atoms with E-state index in [1.807, 2.05) is 47.2 Å². The molecule has 10 rings (SSSR count). The Hall–Kier alpha value is -8.27. The Kier molecular flexibility index (Phi) is 27.5. The van der Waals surface area contributed by atoms with Gasteiger partial charge in [0, 0.05) is 136 Å². The van der Waals surface area contributed by atoms with E-state index >= 15 is 0 Å². The molecule has 32 heteroatoms. The number of hydrazone groups is 1. The number of piperidine rings is 1. The summed E-state index contributed by atoms with van der Waals surface area (Å²) in [6, 6.07) is 29.0. The van der Waals surface area contributed by atoms with Crippen molar-refractivity contribution in [3.8, 4) is 0 Å². The van der Waals surface area contributed by atoms with Crippen molar-refractivity contribution in [3.63, 3.8) is 0 Å². The average molecular weight is 1530 g/mol. The van der Waals surface area contributed by atoms with Crippen molar-refractivity contribution >= 4 is 113 Å². The Morgan fingerprint density at radius 1 is 0.800 bits per heavy atom. The van der Waals surface area contributed by atoms with Gasteiger partial charge in [-0.15, -0.1) is 11.8 Å². The number of nitrogens with two attached hydrogens (primary N) is 1. The van der Waals surface area contributed by atoms with E-state index in [4.69, 9.17) is 31.7 Å². The number of sulfone groups is 1. The number of anilines is 3. The number of piperazine rings is 2. The second kappa shape index (κ2) is 36.4. The third-order valence-corrected chi connectivity index (χ3v) is 23.2. The zero-order valence-corrected chi connectivity index (χ0v) is 61.8. The summed E-state index contributed by atoms with van der Waals surface area (Å²) in [4.78, 5) is 89.8. The summed E-state index contributed by atoms with van der Waals surface area (Å²) in [5, 5.41) is 12.7. The van der Waals surface area contributed by atoms with E-state index in [0.29, 0.717) is 94.2 Å². The van der Waals surface area contributed by atoms with Gasteiger partial charge in [0.25, 0.3) is 37.6 Å². The summed E-state index contributed by atoms with van der Waals surface area (Å²) in [6.45, 7) is 12.6. The van der Waals surface area contributed by atoms with Crippen molar-refractivity contribution < 1.29 is 73.0 Å². The fraction of sp³-hybridized carbons (Fsp3) is 0.452. The van der Waals surface area contributed by atoms with Crippen molar-refractivity contribution in [2.45, 2.75) is 97.5 Å². The number of allylic oxidation sites excluding steroid dienone is 1. The minimum Gasteiger partial charge on any atom is -0.382 e. The molecule has 5 aromatic rings. The van der Waals surface area contributed by atoms with E-state index in [-0.39, 0.29) is 92.7 Å². The standard InChI is InChI=1S/C73H88ClF3N12O13S3/c1-72(2)27-25-59(50-13-17-53(74)18-14-50)52(45-72)47-86-33-35-87(36-34-86)56-19-15-51(16-20-56)68(92)84-105(98,99)58-21-22-61(64(44-58)104(96,97)73(75,76)77)81-54(49-103-57-8-4-3-5-9-57)26-30-85-31-37-88(38-32-85)66(91)12-7-28-79-46-55(83-78)48-102-43-42-101-41-40-100-39-29-80-62-11-6-10-60-67(62)71(95)89(70(60)94)63-23-24-65(90)82-69(63)93/h3-6,8-11,13-22,44,46,54,63,80-81H,7,12,23-43,45,47-49,78H2,1-2H3,(H,84,92)(H,82,90,93)/t54-,63?/m1/s1. The monoisotopic (exact) mass is 1530 g/mol. The minimum atomic E-state index is -6.17. The molecule has 0 spiro atoms. The normalized spacial score (nSPS) is 18.2. The van der Waals surface area contributed by atoms with Gasteiger partial charge in [0.15, 0.2) is 0 Å². The molecule has 3 fully saturated rings. The largest absolute Gasteiger partial charge is 0.501 e. The number of halogens is 4. The lowest BCUT2D eigenvalue weighted by Crippen LogP contribution is -2.54. The number of benzene rings is 5. The van der Waals surface area contributed by atoms with Crippen LogP contribution < -0.4 is 31.4 Å². The minimum absolute atomic E-state index is 0.0219. The fourth-order valence-electron chi connectivity index (χ4n) is 13.2. The first-order valence-electron chi connectivity index (χ1n) is 34.9. The molecule has 0 aromatic heterocycles. The van der Waals surface area contributed by atoms with Crippen molar-refractivity contribution in [2.75, 3.05) is 139 Å². The molecule has 0 radical (unpaired) electrons.